The average Bonchev–Trinajstić information content (AvgIpc) is 2.58. The van der Waals surface area contributed by atoms with Crippen LogP contribution in [0.1, 0.15) is 30.3 Å². The molecule has 1 N–H and O–H groups in total. The second kappa shape index (κ2) is 3.32. The van der Waals surface area contributed by atoms with E-state index in [1.807, 2.05) is 11.6 Å². The monoisotopic (exact) mass is 168 g/mol. The highest BCUT2D eigenvalue weighted by Gasteiger charge is 2.15. The molecular weight excluding hydrogens is 156 g/mol. The second-order valence-corrected chi connectivity index (χ2v) is 3.80. The second-order valence-electron chi connectivity index (χ2n) is 2.87. The largest absolute Gasteiger partial charge is 0.308 e. The average molecular weight is 168 g/mol. The quantitative estimate of drug-likeness (QED) is 0.693. The summed E-state index contributed by atoms with van der Waals surface area (Å²) in [6, 6.07) is 0.545. The maximum absolute atomic E-state index is 4.30. The van der Waals surface area contributed by atoms with Crippen LogP contribution in [0.4, 0.5) is 0 Å². The Bertz CT molecular complexity index is 202. The number of aromatic nitrogens is 1. The predicted molar refractivity (Wildman–Crippen MR) is 46.7 cm³/mol. The van der Waals surface area contributed by atoms with Crippen molar-refractivity contribution in [3.05, 3.63) is 16.6 Å². The number of rotatable bonds is 1. The molecular formula is C8H12N2S. The lowest BCUT2D eigenvalue weighted by Gasteiger charge is -2.20. The van der Waals surface area contributed by atoms with Gasteiger partial charge in [0.25, 0.3) is 0 Å². The van der Waals surface area contributed by atoms with Gasteiger partial charge in [0, 0.05) is 11.6 Å². The van der Waals surface area contributed by atoms with E-state index in [-0.39, 0.29) is 0 Å². The molecule has 0 amide bonds. The number of nitrogens with zero attached hydrogens (tertiary/aromatic N) is 1. The van der Waals surface area contributed by atoms with Gasteiger partial charge in [0.1, 0.15) is 5.01 Å². The van der Waals surface area contributed by atoms with Crippen molar-refractivity contribution < 1.29 is 0 Å². The molecule has 2 heterocycles. The third kappa shape index (κ3) is 1.60. The van der Waals surface area contributed by atoms with Gasteiger partial charge in [0.05, 0.1) is 6.04 Å². The first kappa shape index (κ1) is 7.25. The third-order valence-corrected chi connectivity index (χ3v) is 2.95. The zero-order valence-electron chi connectivity index (χ0n) is 6.42. The standard InChI is InChI=1S/C8H12N2S/c1-2-4-9-7(3-1)8-10-5-6-11-8/h5-7,9H,1-4H2. The van der Waals surface area contributed by atoms with E-state index in [0.717, 1.165) is 6.54 Å². The number of piperidine rings is 1. The van der Waals surface area contributed by atoms with Crippen molar-refractivity contribution in [1.29, 1.82) is 0 Å². The summed E-state index contributed by atoms with van der Waals surface area (Å²) in [5, 5.41) is 6.77. The van der Waals surface area contributed by atoms with Crippen LogP contribution in [0.5, 0.6) is 0 Å². The first-order valence-corrected chi connectivity index (χ1v) is 4.97. The Morgan fingerprint density at radius 1 is 1.55 bits per heavy atom. The smallest absolute Gasteiger partial charge is 0.109 e. The van der Waals surface area contributed by atoms with Crippen LogP contribution in [0.3, 0.4) is 0 Å². The van der Waals surface area contributed by atoms with Gasteiger partial charge in [-0.05, 0) is 19.4 Å². The molecule has 1 aliphatic heterocycles. The molecule has 0 radical (unpaired) electrons. The molecule has 11 heavy (non-hydrogen) atoms. The molecule has 0 spiro atoms. The summed E-state index contributed by atoms with van der Waals surface area (Å²) in [4.78, 5) is 4.30. The summed E-state index contributed by atoms with van der Waals surface area (Å²) in [5.41, 5.74) is 0. The SMILES string of the molecule is c1csc(C2CCCCN2)n1. The maximum atomic E-state index is 4.30. The van der Waals surface area contributed by atoms with Gasteiger partial charge < -0.3 is 5.32 Å². The molecule has 3 heteroatoms. The number of hydrogen-bond donors (Lipinski definition) is 1. The number of hydrogen-bond acceptors (Lipinski definition) is 3. The Morgan fingerprint density at radius 2 is 2.55 bits per heavy atom. The summed E-state index contributed by atoms with van der Waals surface area (Å²) in [5.74, 6) is 0. The molecule has 1 aromatic rings. The summed E-state index contributed by atoms with van der Waals surface area (Å²) in [7, 11) is 0. The highest BCUT2D eigenvalue weighted by atomic mass is 32.1. The molecule has 60 valence electrons. The van der Waals surface area contributed by atoms with Crippen LogP contribution in [-0.4, -0.2) is 11.5 Å². The van der Waals surface area contributed by atoms with Gasteiger partial charge in [0.15, 0.2) is 0 Å². The summed E-state index contributed by atoms with van der Waals surface area (Å²) < 4.78 is 0. The summed E-state index contributed by atoms with van der Waals surface area (Å²) in [6.07, 6.45) is 5.81. The van der Waals surface area contributed by atoms with Gasteiger partial charge in [0.2, 0.25) is 0 Å². The summed E-state index contributed by atoms with van der Waals surface area (Å²) >= 11 is 1.76. The van der Waals surface area contributed by atoms with Gasteiger partial charge in [-0.2, -0.15) is 0 Å². The fourth-order valence-corrected chi connectivity index (χ4v) is 2.22. The number of thiazole rings is 1. The topological polar surface area (TPSA) is 24.9 Å². The van der Waals surface area contributed by atoms with E-state index in [1.165, 1.54) is 24.3 Å². The first-order valence-electron chi connectivity index (χ1n) is 4.09. The van der Waals surface area contributed by atoms with Crippen molar-refractivity contribution in [2.45, 2.75) is 25.3 Å². The minimum Gasteiger partial charge on any atom is -0.308 e. The van der Waals surface area contributed by atoms with Crippen molar-refractivity contribution in [2.24, 2.45) is 0 Å². The van der Waals surface area contributed by atoms with Crippen molar-refractivity contribution in [3.8, 4) is 0 Å². The Morgan fingerprint density at radius 3 is 3.18 bits per heavy atom. The lowest BCUT2D eigenvalue weighted by atomic mass is 10.1. The van der Waals surface area contributed by atoms with Crippen molar-refractivity contribution in [2.75, 3.05) is 6.54 Å². The van der Waals surface area contributed by atoms with Crippen LogP contribution < -0.4 is 5.32 Å². The Labute approximate surface area is 70.7 Å². The maximum Gasteiger partial charge on any atom is 0.109 e. The Hall–Kier alpha value is -0.410. The lowest BCUT2D eigenvalue weighted by Crippen LogP contribution is -2.26. The van der Waals surface area contributed by atoms with Crippen LogP contribution >= 0.6 is 11.3 Å². The van der Waals surface area contributed by atoms with Gasteiger partial charge in [-0.25, -0.2) is 4.98 Å². The van der Waals surface area contributed by atoms with E-state index in [2.05, 4.69) is 10.3 Å². The zero-order valence-corrected chi connectivity index (χ0v) is 7.23. The molecule has 1 unspecified atom stereocenters. The molecule has 0 aromatic carbocycles. The molecule has 1 fully saturated rings. The Kier molecular flexibility index (Phi) is 2.19. The molecule has 2 nitrogen and oxygen atoms in total. The molecule has 0 aliphatic carbocycles. The fourth-order valence-electron chi connectivity index (χ4n) is 1.47. The van der Waals surface area contributed by atoms with E-state index >= 15 is 0 Å². The van der Waals surface area contributed by atoms with Crippen molar-refractivity contribution >= 4 is 11.3 Å². The minimum atomic E-state index is 0.545. The van der Waals surface area contributed by atoms with E-state index in [4.69, 9.17) is 0 Å². The number of nitrogens with one attached hydrogen (secondary N) is 1. The van der Waals surface area contributed by atoms with Crippen molar-refractivity contribution in [3.63, 3.8) is 0 Å². The predicted octanol–water partition coefficient (Wildman–Crippen LogP) is 1.96. The molecule has 0 saturated carbocycles. The normalized spacial score (nSPS) is 25.3. The molecule has 1 atom stereocenters. The summed E-state index contributed by atoms with van der Waals surface area (Å²) in [6.45, 7) is 1.16. The molecule has 1 aliphatic rings. The van der Waals surface area contributed by atoms with Gasteiger partial charge in [-0.1, -0.05) is 6.42 Å². The van der Waals surface area contributed by atoms with Crippen LogP contribution in [0.15, 0.2) is 11.6 Å². The van der Waals surface area contributed by atoms with Crippen LogP contribution in [0.2, 0.25) is 0 Å². The molecule has 1 saturated heterocycles. The lowest BCUT2D eigenvalue weighted by molar-refractivity contribution is 0.411. The van der Waals surface area contributed by atoms with Crippen molar-refractivity contribution in [1.82, 2.24) is 10.3 Å². The van der Waals surface area contributed by atoms with Crippen LogP contribution in [-0.2, 0) is 0 Å². The van der Waals surface area contributed by atoms with E-state index in [9.17, 15) is 0 Å². The van der Waals surface area contributed by atoms with Gasteiger partial charge >= 0.3 is 0 Å². The van der Waals surface area contributed by atoms with E-state index in [0.29, 0.717) is 6.04 Å². The third-order valence-electron chi connectivity index (χ3n) is 2.06. The van der Waals surface area contributed by atoms with Crippen LogP contribution in [0.25, 0.3) is 0 Å². The highest BCUT2D eigenvalue weighted by molar-refractivity contribution is 7.09. The van der Waals surface area contributed by atoms with E-state index in [1.54, 1.807) is 11.3 Å². The first-order chi connectivity index (χ1) is 5.47. The van der Waals surface area contributed by atoms with E-state index < -0.39 is 0 Å². The minimum absolute atomic E-state index is 0.545. The fraction of sp³-hybridized carbons (Fsp3) is 0.625. The molecule has 0 bridgehead atoms. The molecule has 1 aromatic heterocycles. The van der Waals surface area contributed by atoms with Crippen LogP contribution in [0, 0.1) is 0 Å². The zero-order chi connectivity index (χ0) is 7.52. The molecule has 2 rings (SSSR count). The highest BCUT2D eigenvalue weighted by Crippen LogP contribution is 2.23. The van der Waals surface area contributed by atoms with Gasteiger partial charge in [-0.15, -0.1) is 11.3 Å². The van der Waals surface area contributed by atoms with Gasteiger partial charge in [-0.3, -0.25) is 0 Å². The Balaban J connectivity index is 2.04.